The molecule has 2 aliphatic rings. The number of fused-ring (bicyclic) bond motifs is 3. The molecule has 0 unspecified atom stereocenters. The van der Waals surface area contributed by atoms with Crippen LogP contribution in [0.1, 0.15) is 36.4 Å². The van der Waals surface area contributed by atoms with Crippen molar-refractivity contribution in [2.24, 2.45) is 5.92 Å². The van der Waals surface area contributed by atoms with Gasteiger partial charge in [0.15, 0.2) is 0 Å². The Morgan fingerprint density at radius 2 is 2.00 bits per heavy atom. The number of rotatable bonds is 2. The van der Waals surface area contributed by atoms with Crippen LogP contribution in [0, 0.1) is 5.92 Å². The number of hydrogen-bond acceptors (Lipinski definition) is 2. The highest BCUT2D eigenvalue weighted by atomic mass is 35.5. The summed E-state index contributed by atoms with van der Waals surface area (Å²) in [6.45, 7) is 1.52. The van der Waals surface area contributed by atoms with Crippen LogP contribution in [-0.2, 0) is 4.79 Å². The molecule has 0 aromatic heterocycles. The highest BCUT2D eigenvalue weighted by molar-refractivity contribution is 6.35. The van der Waals surface area contributed by atoms with Crippen molar-refractivity contribution < 1.29 is 4.79 Å². The van der Waals surface area contributed by atoms with Crippen molar-refractivity contribution in [1.29, 1.82) is 0 Å². The van der Waals surface area contributed by atoms with Crippen molar-refractivity contribution in [2.45, 2.75) is 25.3 Å². The third kappa shape index (κ3) is 3.03. The molecule has 1 aliphatic heterocycles. The van der Waals surface area contributed by atoms with Gasteiger partial charge in [0.05, 0.1) is 6.04 Å². The van der Waals surface area contributed by atoms with Gasteiger partial charge in [0.2, 0.25) is 5.91 Å². The van der Waals surface area contributed by atoms with E-state index < -0.39 is 0 Å². The van der Waals surface area contributed by atoms with Gasteiger partial charge in [0.25, 0.3) is 0 Å². The molecule has 0 radical (unpaired) electrons. The van der Waals surface area contributed by atoms with E-state index in [1.807, 2.05) is 24.3 Å². The maximum atomic E-state index is 11.3. The maximum Gasteiger partial charge on any atom is 0.221 e. The summed E-state index contributed by atoms with van der Waals surface area (Å²) in [5.41, 5.74) is 4.20. The summed E-state index contributed by atoms with van der Waals surface area (Å²) >= 11 is 12.5. The third-order valence-electron chi connectivity index (χ3n) is 4.98. The van der Waals surface area contributed by atoms with E-state index in [0.29, 0.717) is 21.9 Å². The monoisotopic (exact) mass is 372 g/mol. The number of amides is 1. The summed E-state index contributed by atoms with van der Waals surface area (Å²) in [6.07, 6.45) is 5.48. The van der Waals surface area contributed by atoms with Crippen LogP contribution in [-0.4, -0.2) is 5.91 Å². The first kappa shape index (κ1) is 16.5. The lowest BCUT2D eigenvalue weighted by atomic mass is 9.77. The van der Waals surface area contributed by atoms with Crippen molar-refractivity contribution >= 4 is 40.5 Å². The van der Waals surface area contributed by atoms with Crippen LogP contribution in [0.2, 0.25) is 10.0 Å². The summed E-state index contributed by atoms with van der Waals surface area (Å²) < 4.78 is 0. The lowest BCUT2D eigenvalue weighted by Crippen LogP contribution is -2.29. The molecular weight excluding hydrogens is 355 g/mol. The van der Waals surface area contributed by atoms with Crippen molar-refractivity contribution in [3.63, 3.8) is 0 Å². The molecule has 2 N–H and O–H groups in total. The average molecular weight is 373 g/mol. The lowest BCUT2D eigenvalue weighted by Gasteiger charge is -2.38. The fraction of sp³-hybridized carbons (Fsp3) is 0.250. The Hall–Kier alpha value is -1.97. The van der Waals surface area contributed by atoms with Gasteiger partial charge in [-0.1, -0.05) is 41.4 Å². The Morgan fingerprint density at radius 1 is 1.16 bits per heavy atom. The van der Waals surface area contributed by atoms with E-state index in [1.165, 1.54) is 12.5 Å². The molecule has 0 fully saturated rings. The van der Waals surface area contributed by atoms with E-state index in [2.05, 4.69) is 28.9 Å². The number of halogens is 2. The molecular formula is C20H18Cl2N2O. The summed E-state index contributed by atoms with van der Waals surface area (Å²) in [7, 11) is 0. The molecule has 0 saturated carbocycles. The predicted molar refractivity (Wildman–Crippen MR) is 104 cm³/mol. The molecule has 1 amide bonds. The van der Waals surface area contributed by atoms with Crippen molar-refractivity contribution in [2.75, 3.05) is 10.6 Å². The zero-order chi connectivity index (χ0) is 17.6. The molecule has 5 heteroatoms. The van der Waals surface area contributed by atoms with Gasteiger partial charge in [-0.05, 0) is 53.8 Å². The van der Waals surface area contributed by atoms with Crippen LogP contribution in [0.4, 0.5) is 11.4 Å². The van der Waals surface area contributed by atoms with E-state index in [9.17, 15) is 4.79 Å². The highest BCUT2D eigenvalue weighted by Gasteiger charge is 2.38. The maximum absolute atomic E-state index is 11.3. The van der Waals surface area contributed by atoms with Gasteiger partial charge in [0.1, 0.15) is 0 Å². The minimum absolute atomic E-state index is 0.0620. The highest BCUT2D eigenvalue weighted by Crippen LogP contribution is 2.51. The Bertz CT molecular complexity index is 878. The third-order valence-corrected chi connectivity index (χ3v) is 5.54. The van der Waals surface area contributed by atoms with Crippen LogP contribution >= 0.6 is 23.2 Å². The SMILES string of the molecule is CC(=O)Nc1ccc2c(c1)[C@@H]1C=CC[C@H]1[C@H](c1ccc(Cl)cc1Cl)N2. The smallest absolute Gasteiger partial charge is 0.221 e. The van der Waals surface area contributed by atoms with Crippen LogP contribution in [0.25, 0.3) is 0 Å². The van der Waals surface area contributed by atoms with E-state index in [1.54, 1.807) is 6.07 Å². The minimum atomic E-state index is -0.0620. The average Bonchev–Trinajstić information content (AvgIpc) is 3.04. The zero-order valence-electron chi connectivity index (χ0n) is 13.7. The Balaban J connectivity index is 1.74. The number of nitrogens with one attached hydrogen (secondary N) is 2. The molecule has 0 bridgehead atoms. The quantitative estimate of drug-likeness (QED) is 0.656. The van der Waals surface area contributed by atoms with Gasteiger partial charge in [-0.2, -0.15) is 0 Å². The number of benzene rings is 2. The number of hydrogen-bond donors (Lipinski definition) is 2. The van der Waals surface area contributed by atoms with Gasteiger partial charge in [-0.25, -0.2) is 0 Å². The molecule has 0 saturated heterocycles. The zero-order valence-corrected chi connectivity index (χ0v) is 15.2. The summed E-state index contributed by atoms with van der Waals surface area (Å²) in [5, 5.41) is 7.85. The molecule has 3 atom stereocenters. The molecule has 3 nitrogen and oxygen atoms in total. The first-order valence-electron chi connectivity index (χ1n) is 8.32. The first-order valence-corrected chi connectivity index (χ1v) is 9.08. The lowest BCUT2D eigenvalue weighted by molar-refractivity contribution is -0.114. The van der Waals surface area contributed by atoms with E-state index in [-0.39, 0.29) is 11.9 Å². The van der Waals surface area contributed by atoms with Crippen molar-refractivity contribution in [1.82, 2.24) is 0 Å². The van der Waals surface area contributed by atoms with Gasteiger partial charge in [0, 0.05) is 34.3 Å². The first-order chi connectivity index (χ1) is 12.0. The Morgan fingerprint density at radius 3 is 2.76 bits per heavy atom. The molecule has 1 heterocycles. The van der Waals surface area contributed by atoms with Crippen LogP contribution in [0.5, 0.6) is 0 Å². The Labute approximate surface area is 157 Å². The molecule has 1 aliphatic carbocycles. The van der Waals surface area contributed by atoms with Crippen molar-refractivity contribution in [3.05, 3.63) is 69.7 Å². The Kier molecular flexibility index (Phi) is 4.22. The van der Waals surface area contributed by atoms with Gasteiger partial charge in [-0.3, -0.25) is 4.79 Å². The number of carbonyl (C=O) groups excluding carboxylic acids is 1. The van der Waals surface area contributed by atoms with Gasteiger partial charge < -0.3 is 10.6 Å². The second-order valence-electron chi connectivity index (χ2n) is 6.62. The number of allylic oxidation sites excluding steroid dienone is 2. The molecule has 2 aromatic carbocycles. The predicted octanol–water partition coefficient (Wildman–Crippen LogP) is 5.78. The topological polar surface area (TPSA) is 41.1 Å². The van der Waals surface area contributed by atoms with Crippen LogP contribution in [0.15, 0.2) is 48.6 Å². The number of carbonyl (C=O) groups is 1. The van der Waals surface area contributed by atoms with E-state index >= 15 is 0 Å². The van der Waals surface area contributed by atoms with Crippen LogP contribution in [0.3, 0.4) is 0 Å². The van der Waals surface area contributed by atoms with Gasteiger partial charge in [-0.15, -0.1) is 0 Å². The summed E-state index contributed by atoms with van der Waals surface area (Å²) in [5.74, 6) is 0.633. The van der Waals surface area contributed by atoms with E-state index in [4.69, 9.17) is 23.2 Å². The van der Waals surface area contributed by atoms with Crippen LogP contribution < -0.4 is 10.6 Å². The molecule has 25 heavy (non-hydrogen) atoms. The molecule has 4 rings (SSSR count). The molecule has 128 valence electrons. The summed E-state index contributed by atoms with van der Waals surface area (Å²) in [4.78, 5) is 11.3. The van der Waals surface area contributed by atoms with Crippen molar-refractivity contribution in [3.8, 4) is 0 Å². The minimum Gasteiger partial charge on any atom is -0.378 e. The molecule has 2 aromatic rings. The second kappa shape index (κ2) is 6.40. The standard InChI is InChI=1S/C20H18Cl2N2O/c1-11(25)23-13-6-8-19-17(10-13)14-3-2-4-15(14)20(24-19)16-7-5-12(21)9-18(16)22/h2-3,5-10,14-15,20,24H,4H2,1H3,(H,23,25)/t14-,15-,20-/m1/s1. The summed E-state index contributed by atoms with van der Waals surface area (Å²) in [6, 6.07) is 11.8. The van der Waals surface area contributed by atoms with E-state index in [0.717, 1.165) is 23.4 Å². The molecule has 0 spiro atoms. The fourth-order valence-corrected chi connectivity index (χ4v) is 4.46. The van der Waals surface area contributed by atoms with Gasteiger partial charge >= 0.3 is 0 Å². The normalized spacial score (nSPS) is 23.6. The fourth-order valence-electron chi connectivity index (χ4n) is 3.94. The second-order valence-corrected chi connectivity index (χ2v) is 7.47. The number of anilines is 2. The largest absolute Gasteiger partial charge is 0.378 e.